The lowest BCUT2D eigenvalue weighted by Crippen LogP contribution is -2.00. The monoisotopic (exact) mass is 314 g/mol. The highest BCUT2D eigenvalue weighted by atomic mass is 35.5. The average Bonchev–Trinajstić information content (AvgIpc) is 2.28. The highest BCUT2D eigenvalue weighted by Gasteiger charge is 2.17. The van der Waals surface area contributed by atoms with E-state index in [1.807, 2.05) is 0 Å². The number of benzene rings is 2. The molecule has 2 aromatic carbocycles. The number of halogens is 2. The van der Waals surface area contributed by atoms with Gasteiger partial charge in [-0.05, 0) is 12.1 Å². The molecule has 0 saturated carbocycles. The van der Waals surface area contributed by atoms with Gasteiger partial charge in [0.05, 0.1) is 9.92 Å². The molecule has 0 heterocycles. The Bertz CT molecular complexity index is 742. The lowest BCUT2D eigenvalue weighted by atomic mass is 10.0. The van der Waals surface area contributed by atoms with Crippen molar-refractivity contribution in [2.24, 2.45) is 0 Å². The van der Waals surface area contributed by atoms with Crippen molar-refractivity contribution in [2.75, 3.05) is 12.0 Å². The summed E-state index contributed by atoms with van der Waals surface area (Å²) >= 11 is 12.0. The maximum absolute atomic E-state index is 11.6. The van der Waals surface area contributed by atoms with Gasteiger partial charge in [-0.1, -0.05) is 41.4 Å². The first kappa shape index (κ1) is 14.2. The Kier molecular flexibility index (Phi) is 3.76. The van der Waals surface area contributed by atoms with Gasteiger partial charge in [-0.3, -0.25) is 0 Å². The van der Waals surface area contributed by atoms with Crippen LogP contribution in [0.4, 0.5) is 5.69 Å². The summed E-state index contributed by atoms with van der Waals surface area (Å²) in [4.78, 5) is -0.0407. The molecule has 2 rings (SSSR count). The molecule has 0 spiro atoms. The minimum absolute atomic E-state index is 0.0407. The van der Waals surface area contributed by atoms with E-state index < -0.39 is 9.84 Å². The first-order valence-electron chi connectivity index (χ1n) is 5.26. The van der Waals surface area contributed by atoms with E-state index in [9.17, 15) is 8.42 Å². The molecule has 99 valence electrons. The summed E-state index contributed by atoms with van der Waals surface area (Å²) in [6.07, 6.45) is 1.08. The van der Waals surface area contributed by atoms with Crippen molar-refractivity contribution in [1.29, 1.82) is 0 Å². The van der Waals surface area contributed by atoms with Gasteiger partial charge in [-0.15, -0.1) is 0 Å². The first-order valence-corrected chi connectivity index (χ1v) is 7.91. The van der Waals surface area contributed by atoms with Crippen LogP contribution >= 0.6 is 23.2 Å². The van der Waals surface area contributed by atoms with Crippen molar-refractivity contribution in [3.8, 4) is 11.1 Å². The minimum Gasteiger partial charge on any atom is -0.398 e. The molecule has 0 aliphatic heterocycles. The van der Waals surface area contributed by atoms with Crippen molar-refractivity contribution in [3.05, 3.63) is 46.4 Å². The number of hydrogen-bond acceptors (Lipinski definition) is 3. The zero-order valence-corrected chi connectivity index (χ0v) is 12.3. The van der Waals surface area contributed by atoms with Crippen molar-refractivity contribution in [1.82, 2.24) is 0 Å². The fourth-order valence-corrected chi connectivity index (χ4v) is 3.25. The summed E-state index contributed by atoms with van der Waals surface area (Å²) in [5.74, 6) is 0. The van der Waals surface area contributed by atoms with E-state index in [2.05, 4.69) is 6.07 Å². The summed E-state index contributed by atoms with van der Waals surface area (Å²) in [5.41, 5.74) is 7.48. The van der Waals surface area contributed by atoms with E-state index in [1.54, 1.807) is 24.3 Å². The minimum atomic E-state index is -3.44. The smallest absolute Gasteiger partial charge is 0.177 e. The van der Waals surface area contributed by atoms with Crippen molar-refractivity contribution >= 4 is 38.7 Å². The van der Waals surface area contributed by atoms with Gasteiger partial charge in [0.2, 0.25) is 0 Å². The molecular weight excluding hydrogens is 305 g/mol. The lowest BCUT2D eigenvalue weighted by molar-refractivity contribution is 0.602. The molecule has 6 heteroatoms. The Morgan fingerprint density at radius 1 is 1.16 bits per heavy atom. The zero-order chi connectivity index (χ0) is 14.2. The molecule has 0 unspecified atom stereocenters. The maximum atomic E-state index is 11.6. The van der Waals surface area contributed by atoms with Crippen LogP contribution in [0.1, 0.15) is 0 Å². The molecule has 0 saturated heterocycles. The van der Waals surface area contributed by atoms with Crippen LogP contribution in [0.15, 0.2) is 35.2 Å². The topological polar surface area (TPSA) is 60.2 Å². The fourth-order valence-electron chi connectivity index (χ4n) is 1.72. The second-order valence-corrected chi connectivity index (χ2v) is 6.81. The standard InChI is InChI=1S/C13H10Cl2NO2S/c1-19(17,18)12-4-2-3-10(13(12)15)9-6-5-8(14)7-11(9)16/h2-3,5-7H,16H2,1H3. The van der Waals surface area contributed by atoms with Crippen LogP contribution in [0.5, 0.6) is 0 Å². The van der Waals surface area contributed by atoms with E-state index in [0.29, 0.717) is 21.8 Å². The third kappa shape index (κ3) is 2.86. The molecule has 0 fully saturated rings. The summed E-state index contributed by atoms with van der Waals surface area (Å²) in [7, 11) is -3.44. The van der Waals surface area contributed by atoms with Gasteiger partial charge in [0.1, 0.15) is 0 Å². The molecule has 0 amide bonds. The van der Waals surface area contributed by atoms with E-state index in [1.165, 1.54) is 6.07 Å². The van der Waals surface area contributed by atoms with Gasteiger partial charge in [-0.2, -0.15) is 0 Å². The van der Waals surface area contributed by atoms with Crippen LogP contribution in [-0.4, -0.2) is 14.7 Å². The zero-order valence-electron chi connectivity index (χ0n) is 9.94. The summed E-state index contributed by atoms with van der Waals surface area (Å²) in [5, 5.41) is 0.613. The Morgan fingerprint density at radius 2 is 1.84 bits per heavy atom. The van der Waals surface area contributed by atoms with Crippen LogP contribution < -0.4 is 5.73 Å². The van der Waals surface area contributed by atoms with Gasteiger partial charge in [0, 0.05) is 34.2 Å². The molecule has 0 atom stereocenters. The second kappa shape index (κ2) is 5.04. The van der Waals surface area contributed by atoms with E-state index >= 15 is 0 Å². The number of hydrogen-bond donors (Lipinski definition) is 1. The van der Waals surface area contributed by atoms with E-state index in [-0.39, 0.29) is 9.92 Å². The number of anilines is 1. The first-order chi connectivity index (χ1) is 8.80. The van der Waals surface area contributed by atoms with Crippen molar-refractivity contribution in [3.63, 3.8) is 0 Å². The molecular formula is C13H10Cl2NO2S. The van der Waals surface area contributed by atoms with E-state index in [0.717, 1.165) is 6.26 Å². The van der Waals surface area contributed by atoms with Crippen LogP contribution in [0.3, 0.4) is 0 Å². The Balaban J connectivity index is 2.71. The van der Waals surface area contributed by atoms with Crippen LogP contribution in [0.2, 0.25) is 10.0 Å². The predicted molar refractivity (Wildman–Crippen MR) is 78.3 cm³/mol. The lowest BCUT2D eigenvalue weighted by Gasteiger charge is -2.10. The summed E-state index contributed by atoms with van der Waals surface area (Å²) in [6.45, 7) is 0. The Labute approximate surface area is 121 Å². The summed E-state index contributed by atoms with van der Waals surface area (Å²) < 4.78 is 23.2. The third-order valence-corrected chi connectivity index (χ3v) is 4.38. The molecule has 0 aromatic heterocycles. The van der Waals surface area contributed by atoms with Crippen LogP contribution in [-0.2, 0) is 9.84 Å². The molecule has 2 aromatic rings. The maximum Gasteiger partial charge on any atom is 0.177 e. The number of nitrogens with two attached hydrogens (primary N) is 1. The highest BCUT2D eigenvalue weighted by molar-refractivity contribution is 7.90. The van der Waals surface area contributed by atoms with Gasteiger partial charge in [0.25, 0.3) is 0 Å². The SMILES string of the molecule is CS(=O)(=O)c1[c]ccc(-c2ccc(Cl)cc2N)c1Cl. The van der Waals surface area contributed by atoms with Gasteiger partial charge >= 0.3 is 0 Å². The van der Waals surface area contributed by atoms with Gasteiger partial charge in [0.15, 0.2) is 9.84 Å². The van der Waals surface area contributed by atoms with Gasteiger partial charge < -0.3 is 5.73 Å². The molecule has 19 heavy (non-hydrogen) atoms. The number of nitrogen functional groups attached to an aromatic ring is 1. The molecule has 0 aliphatic carbocycles. The Hall–Kier alpha value is -1.23. The highest BCUT2D eigenvalue weighted by Crippen LogP contribution is 2.36. The summed E-state index contributed by atoms with van der Waals surface area (Å²) in [6, 6.07) is 10.8. The second-order valence-electron chi connectivity index (χ2n) is 4.04. The normalized spacial score (nSPS) is 11.5. The fraction of sp³-hybridized carbons (Fsp3) is 0.0769. The van der Waals surface area contributed by atoms with Crippen molar-refractivity contribution in [2.45, 2.75) is 4.90 Å². The largest absolute Gasteiger partial charge is 0.398 e. The number of rotatable bonds is 2. The molecule has 3 nitrogen and oxygen atoms in total. The average molecular weight is 315 g/mol. The predicted octanol–water partition coefficient (Wildman–Crippen LogP) is 3.45. The van der Waals surface area contributed by atoms with Gasteiger partial charge in [-0.25, -0.2) is 8.42 Å². The quantitative estimate of drug-likeness (QED) is 0.864. The number of sulfone groups is 1. The van der Waals surface area contributed by atoms with Crippen molar-refractivity contribution < 1.29 is 8.42 Å². The molecule has 0 aliphatic rings. The van der Waals surface area contributed by atoms with E-state index in [4.69, 9.17) is 28.9 Å². The van der Waals surface area contributed by atoms with Crippen LogP contribution in [0, 0.1) is 6.07 Å². The third-order valence-electron chi connectivity index (χ3n) is 2.57. The van der Waals surface area contributed by atoms with Crippen LogP contribution in [0.25, 0.3) is 11.1 Å². The molecule has 0 bridgehead atoms. The molecule has 2 N–H and O–H groups in total. The Morgan fingerprint density at radius 3 is 2.42 bits per heavy atom. The molecule has 1 radical (unpaired) electrons.